The van der Waals surface area contributed by atoms with Crippen LogP contribution in [-0.4, -0.2) is 41.3 Å². The Morgan fingerprint density at radius 3 is 2.71 bits per heavy atom. The molecule has 0 aromatic carbocycles. The second-order valence-electron chi connectivity index (χ2n) is 4.23. The van der Waals surface area contributed by atoms with Gasteiger partial charge in [-0.25, -0.2) is 9.18 Å². The first-order valence-corrected chi connectivity index (χ1v) is 5.13. The standard InChI is InChI=1S/C10H18FNO2/c1-7(2)12-5-3-4-8(6-12)9(11)10(13)14/h7-9H,3-6H2,1-2H3,(H,13,14). The van der Waals surface area contributed by atoms with E-state index in [1.54, 1.807) is 0 Å². The van der Waals surface area contributed by atoms with Gasteiger partial charge >= 0.3 is 5.97 Å². The molecule has 1 N–H and O–H groups in total. The second-order valence-corrected chi connectivity index (χ2v) is 4.23. The van der Waals surface area contributed by atoms with Crippen molar-refractivity contribution >= 4 is 5.97 Å². The van der Waals surface area contributed by atoms with Crippen LogP contribution in [0.15, 0.2) is 0 Å². The quantitative estimate of drug-likeness (QED) is 0.756. The number of carboxylic acid groups (broad SMARTS) is 1. The van der Waals surface area contributed by atoms with E-state index in [2.05, 4.69) is 18.7 Å². The number of alkyl halides is 1. The van der Waals surface area contributed by atoms with Gasteiger partial charge < -0.3 is 10.0 Å². The number of hydrogen-bond donors (Lipinski definition) is 1. The van der Waals surface area contributed by atoms with Gasteiger partial charge in [0, 0.05) is 18.5 Å². The lowest BCUT2D eigenvalue weighted by atomic mass is 9.92. The summed E-state index contributed by atoms with van der Waals surface area (Å²) in [6.45, 7) is 5.64. The molecule has 1 heterocycles. The van der Waals surface area contributed by atoms with Crippen LogP contribution >= 0.6 is 0 Å². The number of carbonyl (C=O) groups is 1. The summed E-state index contributed by atoms with van der Waals surface area (Å²) in [5.74, 6) is -1.65. The number of piperidine rings is 1. The third-order valence-corrected chi connectivity index (χ3v) is 2.87. The molecule has 3 nitrogen and oxygen atoms in total. The summed E-state index contributed by atoms with van der Waals surface area (Å²) in [6.07, 6.45) is -0.107. The minimum Gasteiger partial charge on any atom is -0.479 e. The van der Waals surface area contributed by atoms with E-state index in [4.69, 9.17) is 5.11 Å². The molecule has 82 valence electrons. The third kappa shape index (κ3) is 2.67. The number of aliphatic carboxylic acids is 1. The molecular weight excluding hydrogens is 185 g/mol. The van der Waals surface area contributed by atoms with Crippen LogP contribution < -0.4 is 0 Å². The molecule has 0 saturated carbocycles. The molecule has 1 rings (SSSR count). The first-order chi connectivity index (χ1) is 6.52. The Kier molecular flexibility index (Phi) is 3.86. The number of likely N-dealkylation sites (tertiary alicyclic amines) is 1. The average Bonchev–Trinajstić information content (AvgIpc) is 2.16. The van der Waals surface area contributed by atoms with Gasteiger partial charge in [0.05, 0.1) is 0 Å². The fraction of sp³-hybridized carbons (Fsp3) is 0.900. The Morgan fingerprint density at radius 2 is 2.21 bits per heavy atom. The first-order valence-electron chi connectivity index (χ1n) is 5.13. The fourth-order valence-electron chi connectivity index (χ4n) is 1.95. The molecule has 0 radical (unpaired) electrons. The van der Waals surface area contributed by atoms with Gasteiger partial charge in [-0.1, -0.05) is 0 Å². The maximum absolute atomic E-state index is 13.2. The molecule has 1 saturated heterocycles. The van der Waals surface area contributed by atoms with Gasteiger partial charge in [0.2, 0.25) is 6.17 Å². The number of hydrogen-bond acceptors (Lipinski definition) is 2. The van der Waals surface area contributed by atoms with Crippen molar-refractivity contribution in [1.29, 1.82) is 0 Å². The molecule has 2 atom stereocenters. The molecule has 0 aromatic rings. The van der Waals surface area contributed by atoms with Gasteiger partial charge in [0.25, 0.3) is 0 Å². The molecule has 0 aliphatic carbocycles. The van der Waals surface area contributed by atoms with Crippen LogP contribution in [0.5, 0.6) is 0 Å². The Balaban J connectivity index is 2.51. The third-order valence-electron chi connectivity index (χ3n) is 2.87. The molecule has 14 heavy (non-hydrogen) atoms. The maximum atomic E-state index is 13.2. The highest BCUT2D eigenvalue weighted by Crippen LogP contribution is 2.23. The van der Waals surface area contributed by atoms with Gasteiger partial charge in [-0.2, -0.15) is 0 Å². The van der Waals surface area contributed by atoms with Crippen molar-refractivity contribution < 1.29 is 14.3 Å². The summed E-state index contributed by atoms with van der Waals surface area (Å²) >= 11 is 0. The van der Waals surface area contributed by atoms with Crippen LogP contribution in [0.4, 0.5) is 4.39 Å². The summed E-state index contributed by atoms with van der Waals surface area (Å²) in [5.41, 5.74) is 0. The molecule has 1 aliphatic rings. The van der Waals surface area contributed by atoms with Gasteiger partial charge in [-0.05, 0) is 33.2 Å². The highest BCUT2D eigenvalue weighted by atomic mass is 19.1. The van der Waals surface area contributed by atoms with Crippen LogP contribution in [0.25, 0.3) is 0 Å². The topological polar surface area (TPSA) is 40.5 Å². The van der Waals surface area contributed by atoms with Crippen LogP contribution in [0.3, 0.4) is 0 Å². The van der Waals surface area contributed by atoms with Crippen LogP contribution in [0, 0.1) is 5.92 Å². The largest absolute Gasteiger partial charge is 0.479 e. The predicted molar refractivity (Wildman–Crippen MR) is 52.0 cm³/mol. The fourth-order valence-corrected chi connectivity index (χ4v) is 1.95. The van der Waals surface area contributed by atoms with Crippen LogP contribution in [-0.2, 0) is 4.79 Å². The van der Waals surface area contributed by atoms with Crippen molar-refractivity contribution in [1.82, 2.24) is 4.90 Å². The monoisotopic (exact) mass is 203 g/mol. The summed E-state index contributed by atoms with van der Waals surface area (Å²) in [7, 11) is 0. The Bertz CT molecular complexity index is 208. The van der Waals surface area contributed by atoms with E-state index in [-0.39, 0.29) is 5.92 Å². The molecule has 2 unspecified atom stereocenters. The summed E-state index contributed by atoms with van der Waals surface area (Å²) in [5, 5.41) is 8.57. The van der Waals surface area contributed by atoms with Crippen molar-refractivity contribution in [2.45, 2.75) is 38.9 Å². The number of nitrogens with zero attached hydrogens (tertiary/aromatic N) is 1. The lowest BCUT2D eigenvalue weighted by Gasteiger charge is -2.35. The highest BCUT2D eigenvalue weighted by Gasteiger charge is 2.32. The van der Waals surface area contributed by atoms with E-state index < -0.39 is 12.1 Å². The van der Waals surface area contributed by atoms with E-state index >= 15 is 0 Å². The smallest absolute Gasteiger partial charge is 0.338 e. The van der Waals surface area contributed by atoms with Gasteiger partial charge in [0.15, 0.2) is 0 Å². The summed E-state index contributed by atoms with van der Waals surface area (Å²) in [4.78, 5) is 12.6. The van der Waals surface area contributed by atoms with Gasteiger partial charge in [0.1, 0.15) is 0 Å². The van der Waals surface area contributed by atoms with E-state index in [0.717, 1.165) is 13.0 Å². The minimum atomic E-state index is -1.70. The molecule has 1 aliphatic heterocycles. The Labute approximate surface area is 83.9 Å². The molecule has 0 spiro atoms. The SMILES string of the molecule is CC(C)N1CCCC(C(F)C(=O)O)C1. The van der Waals surface area contributed by atoms with E-state index in [1.165, 1.54) is 0 Å². The highest BCUT2D eigenvalue weighted by molar-refractivity contribution is 5.72. The number of carboxylic acids is 1. The van der Waals surface area contributed by atoms with Crippen molar-refractivity contribution in [3.8, 4) is 0 Å². The molecule has 1 fully saturated rings. The van der Waals surface area contributed by atoms with Crippen LogP contribution in [0.2, 0.25) is 0 Å². The zero-order valence-corrected chi connectivity index (χ0v) is 8.74. The zero-order chi connectivity index (χ0) is 10.7. The van der Waals surface area contributed by atoms with Crippen molar-refractivity contribution in [3.63, 3.8) is 0 Å². The lowest BCUT2D eigenvalue weighted by Crippen LogP contribution is -2.44. The lowest BCUT2D eigenvalue weighted by molar-refractivity contribution is -0.145. The van der Waals surface area contributed by atoms with E-state index in [1.807, 2.05) is 0 Å². The van der Waals surface area contributed by atoms with E-state index in [0.29, 0.717) is 19.0 Å². The Morgan fingerprint density at radius 1 is 1.57 bits per heavy atom. The molecular formula is C10H18FNO2. The number of halogens is 1. The van der Waals surface area contributed by atoms with E-state index in [9.17, 15) is 9.18 Å². The van der Waals surface area contributed by atoms with Gasteiger partial charge in [-0.15, -0.1) is 0 Å². The molecule has 4 heteroatoms. The van der Waals surface area contributed by atoms with Gasteiger partial charge in [-0.3, -0.25) is 0 Å². The number of rotatable bonds is 3. The average molecular weight is 203 g/mol. The van der Waals surface area contributed by atoms with Crippen molar-refractivity contribution in [3.05, 3.63) is 0 Å². The molecule has 0 bridgehead atoms. The van der Waals surface area contributed by atoms with Crippen LogP contribution in [0.1, 0.15) is 26.7 Å². The van der Waals surface area contributed by atoms with Crippen molar-refractivity contribution in [2.75, 3.05) is 13.1 Å². The predicted octanol–water partition coefficient (Wildman–Crippen LogP) is 1.53. The zero-order valence-electron chi connectivity index (χ0n) is 8.74. The Hall–Kier alpha value is -0.640. The molecule has 0 aromatic heterocycles. The normalized spacial score (nSPS) is 26.4. The maximum Gasteiger partial charge on any atom is 0.338 e. The summed E-state index contributed by atoms with van der Waals surface area (Å²) in [6, 6.07) is 0.374. The summed E-state index contributed by atoms with van der Waals surface area (Å²) < 4.78 is 13.2. The minimum absolute atomic E-state index is 0.330. The second kappa shape index (κ2) is 4.73. The van der Waals surface area contributed by atoms with Crippen molar-refractivity contribution in [2.24, 2.45) is 5.92 Å². The first kappa shape index (κ1) is 11.4. The molecule has 0 amide bonds.